The van der Waals surface area contributed by atoms with Gasteiger partial charge in [-0.15, -0.1) is 0 Å². The second-order valence-electron chi connectivity index (χ2n) is 12.4. The van der Waals surface area contributed by atoms with E-state index in [9.17, 15) is 13.0 Å². The molecule has 1 unspecified atom stereocenters. The van der Waals surface area contributed by atoms with Crippen LogP contribution in [-0.2, 0) is 10.1 Å². The van der Waals surface area contributed by atoms with Crippen LogP contribution in [0.2, 0.25) is 0 Å². The van der Waals surface area contributed by atoms with Crippen LogP contribution in [0.25, 0.3) is 11.1 Å². The van der Waals surface area contributed by atoms with Crippen LogP contribution in [0.3, 0.4) is 0 Å². The molecule has 7 heteroatoms. The normalized spacial score (nSPS) is 13.7. The predicted molar refractivity (Wildman–Crippen MR) is 210 cm³/mol. The van der Waals surface area contributed by atoms with Crippen molar-refractivity contribution in [3.63, 3.8) is 0 Å². The van der Waals surface area contributed by atoms with Gasteiger partial charge in [-0.3, -0.25) is 0 Å². The highest BCUT2D eigenvalue weighted by Crippen LogP contribution is 2.38. The highest BCUT2D eigenvalue weighted by molar-refractivity contribution is 7.85. The van der Waals surface area contributed by atoms with E-state index in [-0.39, 0.29) is 4.90 Å². The van der Waals surface area contributed by atoms with Gasteiger partial charge < -0.3 is 14.4 Å². The highest BCUT2D eigenvalue weighted by atomic mass is 32.2. The fourth-order valence-corrected chi connectivity index (χ4v) is 6.86. The number of anilines is 2. The largest absolute Gasteiger partial charge is 0.744 e. The van der Waals surface area contributed by atoms with Crippen molar-refractivity contribution in [1.82, 2.24) is 0 Å². The summed E-state index contributed by atoms with van der Waals surface area (Å²) in [7, 11) is -4.30. The first-order valence-electron chi connectivity index (χ1n) is 18.0. The Balaban J connectivity index is 0.000000337. The average Bonchev–Trinajstić information content (AvgIpc) is 3.14. The van der Waals surface area contributed by atoms with Gasteiger partial charge in [-0.25, -0.2) is 13.4 Å². The molecule has 5 rings (SSSR count). The summed E-state index contributed by atoms with van der Waals surface area (Å²) in [5.74, 6) is 0.387. The zero-order valence-corrected chi connectivity index (χ0v) is 31.6. The van der Waals surface area contributed by atoms with E-state index in [4.69, 9.17) is 0 Å². The van der Waals surface area contributed by atoms with E-state index in [1.807, 2.05) is 0 Å². The van der Waals surface area contributed by atoms with Crippen molar-refractivity contribution in [2.45, 2.75) is 65.7 Å². The molecule has 0 aromatic heterocycles. The van der Waals surface area contributed by atoms with Crippen molar-refractivity contribution in [3.8, 4) is 0 Å². The number of rotatable bonds is 12. The fraction of sp³-hybridized carbons (Fsp3) is 0.326. The van der Waals surface area contributed by atoms with Crippen molar-refractivity contribution in [2.75, 3.05) is 42.5 Å². The van der Waals surface area contributed by atoms with Crippen LogP contribution in [0.5, 0.6) is 0 Å². The summed E-state index contributed by atoms with van der Waals surface area (Å²) in [6, 6.07) is 33.1. The summed E-state index contributed by atoms with van der Waals surface area (Å²) in [5, 5.41) is 0. The van der Waals surface area contributed by atoms with Gasteiger partial charge in [-0.05, 0) is 129 Å². The van der Waals surface area contributed by atoms with Gasteiger partial charge in [0.1, 0.15) is 16.7 Å². The van der Waals surface area contributed by atoms with Gasteiger partial charge in [0.25, 0.3) is 0 Å². The molecule has 4 aromatic rings. The van der Waals surface area contributed by atoms with Crippen molar-refractivity contribution in [2.24, 2.45) is 0 Å². The van der Waals surface area contributed by atoms with Crippen LogP contribution in [0.1, 0.15) is 88.6 Å². The lowest BCUT2D eigenvalue weighted by Crippen LogP contribution is -2.72. The molecule has 1 aliphatic rings. The summed E-state index contributed by atoms with van der Waals surface area (Å²) in [5.41, 5.74) is 12.3. The zero-order valence-electron chi connectivity index (χ0n) is 30.7. The Morgan fingerprint density at radius 3 is 1.56 bits per heavy atom. The highest BCUT2D eigenvalue weighted by Gasteiger charge is 2.22. The van der Waals surface area contributed by atoms with Crippen LogP contribution in [0, 0.1) is 0 Å². The molecule has 1 atom stereocenters. The molecule has 0 spiro atoms. The van der Waals surface area contributed by atoms with Crippen LogP contribution in [0.15, 0.2) is 114 Å². The fourth-order valence-electron chi connectivity index (χ4n) is 6.39. The van der Waals surface area contributed by atoms with Crippen molar-refractivity contribution < 1.29 is 18.0 Å². The van der Waals surface area contributed by atoms with E-state index < -0.39 is 10.1 Å². The summed E-state index contributed by atoms with van der Waals surface area (Å²) in [6.07, 6.45) is 5.51. The van der Waals surface area contributed by atoms with E-state index >= 15 is 0 Å². The molecule has 0 fully saturated rings. The van der Waals surface area contributed by atoms with Gasteiger partial charge in [-0.2, -0.15) is 0 Å². The van der Waals surface area contributed by atoms with Crippen molar-refractivity contribution >= 4 is 38.4 Å². The zero-order chi connectivity index (χ0) is 36.3. The molecule has 4 aromatic carbocycles. The molecule has 264 valence electrons. The second kappa shape index (κ2) is 18.0. The summed E-state index contributed by atoms with van der Waals surface area (Å²) >= 11 is 0. The first-order chi connectivity index (χ1) is 24.1. The smallest absolute Gasteiger partial charge is 0.206 e. The minimum atomic E-state index is -4.30. The number of allylic oxidation sites excluding steroid dienone is 3. The van der Waals surface area contributed by atoms with Crippen LogP contribution < -0.4 is 14.8 Å². The lowest BCUT2D eigenvalue weighted by molar-refractivity contribution is -0.450. The number of benzene rings is 4. The Bertz CT molecular complexity index is 1830. The minimum absolute atomic E-state index is 0.162. The third-order valence-electron chi connectivity index (χ3n) is 9.48. The molecule has 0 heterocycles. The molecule has 0 aliphatic heterocycles. The molecule has 50 heavy (non-hydrogen) atoms. The second-order valence-corrected chi connectivity index (χ2v) is 13.8. The van der Waals surface area contributed by atoms with E-state index in [0.29, 0.717) is 5.92 Å². The number of hydrogen-bond acceptors (Lipinski definition) is 5. The molecular weight excluding hydrogens is 639 g/mol. The lowest BCUT2D eigenvalue weighted by atomic mass is 9.83. The van der Waals surface area contributed by atoms with Gasteiger partial charge >= 0.3 is 0 Å². The SMILES string of the molecule is CCC(C)c1ccc(S(=O)(=O)[O-])cc1.CC[NH+]=C1C=CC(=C(c2ccc(N(CC)CC)cc2)c2ccc(N(CC)CC)cc2)c2ccccc21. The van der Waals surface area contributed by atoms with Crippen molar-refractivity contribution in [1.29, 1.82) is 0 Å². The monoisotopic (exact) mass is 691 g/mol. The lowest BCUT2D eigenvalue weighted by Gasteiger charge is -2.24. The van der Waals surface area contributed by atoms with Gasteiger partial charge in [-0.1, -0.05) is 68.4 Å². The first-order valence-corrected chi connectivity index (χ1v) is 19.4. The van der Waals surface area contributed by atoms with E-state index in [1.54, 1.807) is 12.1 Å². The molecule has 0 saturated heterocycles. The Morgan fingerprint density at radius 2 is 1.14 bits per heavy atom. The predicted octanol–water partition coefficient (Wildman–Crippen LogP) is 7.90. The Kier molecular flexibility index (Phi) is 13.8. The van der Waals surface area contributed by atoms with Crippen LogP contribution in [0.4, 0.5) is 11.4 Å². The molecule has 1 N–H and O–H groups in total. The first kappa shape index (κ1) is 38.3. The quantitative estimate of drug-likeness (QED) is 0.153. The molecule has 0 radical (unpaired) electrons. The average molecular weight is 692 g/mol. The Labute approximate surface area is 300 Å². The molecule has 6 nitrogen and oxygen atoms in total. The Hall–Kier alpha value is -4.46. The van der Waals surface area contributed by atoms with Gasteiger partial charge in [0.05, 0.1) is 10.5 Å². The minimum Gasteiger partial charge on any atom is -0.744 e. The number of nitrogens with zero attached hydrogens (tertiary/aromatic N) is 2. The van der Waals surface area contributed by atoms with Gasteiger partial charge in [0.2, 0.25) is 5.71 Å². The third kappa shape index (κ3) is 9.20. The van der Waals surface area contributed by atoms with Gasteiger partial charge in [0.15, 0.2) is 0 Å². The number of nitrogens with one attached hydrogen (secondary N) is 1. The topological polar surface area (TPSA) is 77.6 Å². The maximum atomic E-state index is 10.6. The molecule has 1 aliphatic carbocycles. The van der Waals surface area contributed by atoms with Gasteiger partial charge in [0, 0.05) is 43.6 Å². The van der Waals surface area contributed by atoms with Crippen LogP contribution in [-0.4, -0.2) is 51.4 Å². The maximum Gasteiger partial charge on any atom is 0.206 e. The number of hydrogen-bond donors (Lipinski definition) is 1. The molecule has 0 amide bonds. The third-order valence-corrected chi connectivity index (χ3v) is 10.3. The molecule has 0 bridgehead atoms. The van der Waals surface area contributed by atoms with Crippen molar-refractivity contribution in [3.05, 3.63) is 137 Å². The summed E-state index contributed by atoms with van der Waals surface area (Å²) < 4.78 is 31.9. The maximum absolute atomic E-state index is 10.6. The summed E-state index contributed by atoms with van der Waals surface area (Å²) in [4.78, 5) is 8.16. The standard InChI is InChI=1S/C33H39N3.C10H14O3S/c1-6-34-32-24-23-31(29-13-11-12-14-30(29)32)33(25-15-19-27(20-16-25)35(7-2)8-3)26-17-21-28(22-18-26)36(9-4)10-5;1-3-8(2)9-4-6-10(7-5-9)14(11,12)13/h11-24H,6-10H2,1-5H3;4-8H,3H2,1-2H3,(H,11,12,13). The van der Waals surface area contributed by atoms with E-state index in [0.717, 1.165) is 44.7 Å². The summed E-state index contributed by atoms with van der Waals surface area (Å²) in [6.45, 7) is 20.1. The van der Waals surface area contributed by atoms with Crippen LogP contribution >= 0.6 is 0 Å². The Morgan fingerprint density at radius 1 is 0.660 bits per heavy atom. The molecular formula is C43H53N3O3S. The number of fused-ring (bicyclic) bond motifs is 1. The van der Waals surface area contributed by atoms with E-state index in [1.165, 1.54) is 62.6 Å². The molecule has 0 saturated carbocycles. The van der Waals surface area contributed by atoms with E-state index in [2.05, 4.69) is 148 Å².